The first-order valence-corrected chi connectivity index (χ1v) is 22.5. The van der Waals surface area contributed by atoms with Crippen LogP contribution in [-0.4, -0.2) is 148 Å². The van der Waals surface area contributed by atoms with Gasteiger partial charge in [-0.3, -0.25) is 19.2 Å². The van der Waals surface area contributed by atoms with Crippen molar-refractivity contribution in [3.63, 3.8) is 0 Å². The van der Waals surface area contributed by atoms with Crippen LogP contribution in [0.2, 0.25) is 0 Å². The topological polar surface area (TPSA) is 193 Å². The predicted molar refractivity (Wildman–Crippen MR) is 232 cm³/mol. The molecule has 3 unspecified atom stereocenters. The van der Waals surface area contributed by atoms with E-state index in [4.69, 9.17) is 29.4 Å². The zero-order valence-corrected chi connectivity index (χ0v) is 38.7. The second kappa shape index (κ2) is 22.3. The number of hydrogen-bond donors (Lipinski definition) is 3. The average Bonchev–Trinajstić information content (AvgIpc) is 3.79. The van der Waals surface area contributed by atoms with E-state index in [9.17, 15) is 23.4 Å². The molecule has 3 fully saturated rings. The molecule has 344 valence electrons. The first kappa shape index (κ1) is 50.3. The van der Waals surface area contributed by atoms with Crippen LogP contribution in [0.25, 0.3) is 11.3 Å². The summed E-state index contributed by atoms with van der Waals surface area (Å²) in [6.45, 7) is 14.7. The number of rotatable bonds is 11. The van der Waals surface area contributed by atoms with Crippen LogP contribution in [0.5, 0.6) is 0 Å². The molecule has 0 bridgehead atoms. The maximum absolute atomic E-state index is 14.0. The van der Waals surface area contributed by atoms with Crippen molar-refractivity contribution >= 4 is 35.7 Å². The molecule has 5 rings (SSSR count). The number of nitrogens with zero attached hydrogens (tertiary/aromatic N) is 5. The number of carbonyl (C=O) groups is 3. The fraction of sp³-hybridized carbons (Fsp3) is 0.744. The number of Topliss-reactive ketones (excluding diaryl/α,β-unsaturated/α-hetero) is 1. The lowest BCUT2D eigenvalue weighted by molar-refractivity contribution is -0.289. The van der Waals surface area contributed by atoms with Gasteiger partial charge in [0.15, 0.2) is 11.9 Å². The Kier molecular flexibility index (Phi) is 18.4. The molecule has 3 saturated heterocycles. The number of aliphatic hydroxyl groups excluding tert-OH is 1. The number of nitrogen functional groups attached to an aromatic ring is 1. The Morgan fingerprint density at radius 2 is 1.82 bits per heavy atom. The standard InChI is InChI=1S/C42H67N7O9.CH3FS/c1-11-34-42(7)37(49(40(53)58-42)18-13-12-17-48-24-31(45-46-48)29-15-14-16-30(43)20-29)28(5)44-23-25(2)22-41(6,54-10)35(21-33(50)27(4)38(52)56-34)57-39-36(51)32(47(8)9)19-26(3)55-39;1-3-2/h14-16,20,24-28,32,34-37,39,44,51H,11-13,17-19,21-23,43H2,1-10H3;1H3/t25-,26?,27-,28-,32?,34-,35-,36?,37-,39+,41+,42-;/m1./s1. The van der Waals surface area contributed by atoms with Crippen molar-refractivity contribution in [2.45, 2.75) is 154 Å². The van der Waals surface area contributed by atoms with Crippen LogP contribution < -0.4 is 11.1 Å². The Morgan fingerprint density at radius 3 is 2.46 bits per heavy atom. The van der Waals surface area contributed by atoms with E-state index in [2.05, 4.69) is 22.6 Å². The lowest BCUT2D eigenvalue weighted by Crippen LogP contribution is -2.61. The summed E-state index contributed by atoms with van der Waals surface area (Å²) in [5.74, 6) is -2.27. The normalized spacial score (nSPS) is 34.1. The minimum absolute atomic E-state index is 0.000667. The highest BCUT2D eigenvalue weighted by Crippen LogP contribution is 2.39. The number of halogens is 1. The van der Waals surface area contributed by atoms with E-state index in [-0.39, 0.29) is 42.7 Å². The number of esters is 1. The summed E-state index contributed by atoms with van der Waals surface area (Å²) >= 11 is 0.250. The third-order valence-electron chi connectivity index (χ3n) is 12.5. The fourth-order valence-electron chi connectivity index (χ4n) is 8.95. The van der Waals surface area contributed by atoms with Gasteiger partial charge in [-0.2, -0.15) is 3.89 Å². The second-order valence-corrected chi connectivity index (χ2v) is 17.8. The Balaban J connectivity index is 0.00000265. The Hall–Kier alpha value is -3.39. The number of unbranched alkanes of at least 4 members (excludes halogenated alkanes) is 1. The number of aryl methyl sites for hydroxylation is 1. The van der Waals surface area contributed by atoms with E-state index in [1.165, 1.54) is 13.2 Å². The van der Waals surface area contributed by atoms with E-state index in [0.717, 1.165) is 11.3 Å². The minimum atomic E-state index is -1.22. The second-order valence-electron chi connectivity index (χ2n) is 17.5. The monoisotopic (exact) mass is 879 g/mol. The van der Waals surface area contributed by atoms with Crippen LogP contribution >= 0.6 is 12.1 Å². The number of carbonyl (C=O) groups excluding carboxylic acids is 3. The maximum atomic E-state index is 14.0. The van der Waals surface area contributed by atoms with Gasteiger partial charge in [-0.1, -0.05) is 31.2 Å². The number of amides is 1. The first-order chi connectivity index (χ1) is 28.8. The van der Waals surface area contributed by atoms with Gasteiger partial charge in [0.25, 0.3) is 0 Å². The number of aromatic nitrogens is 3. The number of nitrogens with two attached hydrogens (primary N) is 1. The summed E-state index contributed by atoms with van der Waals surface area (Å²) in [4.78, 5) is 45.4. The van der Waals surface area contributed by atoms with Crippen LogP contribution in [0.1, 0.15) is 87.0 Å². The number of ketones is 1. The number of ether oxygens (including phenoxy) is 5. The molecular formula is C43H70FN7O9S. The van der Waals surface area contributed by atoms with Crippen LogP contribution in [0.4, 0.5) is 14.4 Å². The summed E-state index contributed by atoms with van der Waals surface area (Å²) in [5, 5.41) is 23.6. The molecule has 0 aliphatic carbocycles. The third-order valence-corrected chi connectivity index (χ3v) is 12.5. The molecule has 18 heteroatoms. The van der Waals surface area contributed by atoms with Gasteiger partial charge < -0.3 is 44.7 Å². The van der Waals surface area contributed by atoms with Gasteiger partial charge in [0.2, 0.25) is 0 Å². The van der Waals surface area contributed by atoms with Crippen molar-refractivity contribution < 1.29 is 47.1 Å². The van der Waals surface area contributed by atoms with Gasteiger partial charge in [0.1, 0.15) is 29.6 Å². The molecular weight excluding hydrogens is 810 g/mol. The van der Waals surface area contributed by atoms with Crippen molar-refractivity contribution in [2.24, 2.45) is 11.8 Å². The Morgan fingerprint density at radius 1 is 1.13 bits per heavy atom. The van der Waals surface area contributed by atoms with Gasteiger partial charge in [-0.15, -0.1) is 5.10 Å². The van der Waals surface area contributed by atoms with Crippen molar-refractivity contribution in [2.75, 3.05) is 46.3 Å². The lowest BCUT2D eigenvalue weighted by atomic mass is 9.83. The van der Waals surface area contributed by atoms with E-state index < -0.39 is 65.6 Å². The minimum Gasteiger partial charge on any atom is -0.458 e. The molecule has 1 aromatic carbocycles. The number of nitrogens with one attached hydrogen (secondary N) is 1. The Labute approximate surface area is 365 Å². The summed E-state index contributed by atoms with van der Waals surface area (Å²) in [7, 11) is 5.38. The molecule has 0 saturated carbocycles. The molecule has 4 N–H and O–H groups in total. The maximum Gasteiger partial charge on any atom is 0.410 e. The van der Waals surface area contributed by atoms with Crippen LogP contribution in [0.3, 0.4) is 0 Å². The smallest absolute Gasteiger partial charge is 0.410 e. The summed E-state index contributed by atoms with van der Waals surface area (Å²) in [5.41, 5.74) is 5.98. The molecule has 0 radical (unpaired) electrons. The van der Waals surface area contributed by atoms with Crippen molar-refractivity contribution in [3.8, 4) is 11.3 Å². The number of fused-ring (bicyclic) bond motifs is 1. The third kappa shape index (κ3) is 12.4. The van der Waals surface area contributed by atoms with Gasteiger partial charge in [-0.05, 0) is 105 Å². The number of anilines is 1. The van der Waals surface area contributed by atoms with Crippen molar-refractivity contribution in [1.82, 2.24) is 30.1 Å². The van der Waals surface area contributed by atoms with Crippen LogP contribution in [-0.2, 0) is 39.8 Å². The molecule has 12 atom stereocenters. The SMILES string of the molecule is CC[C@H]1OC(=O)[C@H](C)C(=O)C[C@@H](O[C@@H]2OC(C)CC(N(C)C)C2O)[C@@](C)(OC)C[C@@H](C)CN[C@H](C)[C@H]2N(CCCCn3cc(-c4cccc(N)c4)nn3)C(=O)O[C@]12C.CSF. The molecule has 61 heavy (non-hydrogen) atoms. The van der Waals surface area contributed by atoms with E-state index >= 15 is 0 Å². The quantitative estimate of drug-likeness (QED) is 0.114. The molecule has 4 heterocycles. The van der Waals surface area contributed by atoms with Gasteiger partial charge >= 0.3 is 12.1 Å². The van der Waals surface area contributed by atoms with Crippen molar-refractivity contribution in [3.05, 3.63) is 30.5 Å². The van der Waals surface area contributed by atoms with Gasteiger partial charge in [0, 0.05) is 68.4 Å². The van der Waals surface area contributed by atoms with Gasteiger partial charge in [0.05, 0.1) is 30.0 Å². The summed E-state index contributed by atoms with van der Waals surface area (Å²) in [6, 6.07) is 6.47. The van der Waals surface area contributed by atoms with Gasteiger partial charge in [-0.25, -0.2) is 4.79 Å². The lowest BCUT2D eigenvalue weighted by Gasteiger charge is -2.45. The number of cyclic esters (lactones) is 1. The molecule has 1 aromatic heterocycles. The zero-order chi connectivity index (χ0) is 45.2. The van der Waals surface area contributed by atoms with Crippen molar-refractivity contribution in [1.29, 1.82) is 0 Å². The fourth-order valence-corrected chi connectivity index (χ4v) is 8.95. The highest BCUT2D eigenvalue weighted by Gasteiger charge is 2.58. The molecule has 16 nitrogen and oxygen atoms in total. The number of benzene rings is 1. The summed E-state index contributed by atoms with van der Waals surface area (Å²) in [6.07, 6.45) is 1.49. The van der Waals surface area contributed by atoms with E-state index in [1.807, 2.05) is 84.1 Å². The van der Waals surface area contributed by atoms with E-state index in [0.29, 0.717) is 57.4 Å². The highest BCUT2D eigenvalue weighted by atomic mass is 32.2. The summed E-state index contributed by atoms with van der Waals surface area (Å²) < 4.78 is 43.2. The number of likely N-dealkylation sites (N-methyl/N-ethyl adjacent to an activating group) is 1. The molecule has 3 aliphatic rings. The molecule has 1 amide bonds. The number of aliphatic hydroxyl groups is 1. The largest absolute Gasteiger partial charge is 0.458 e. The van der Waals surface area contributed by atoms with Crippen LogP contribution in [0, 0.1) is 11.8 Å². The predicted octanol–water partition coefficient (Wildman–Crippen LogP) is 5.27. The number of hydrogen-bond acceptors (Lipinski definition) is 15. The average molecular weight is 880 g/mol. The van der Waals surface area contributed by atoms with E-state index in [1.54, 1.807) is 16.7 Å². The molecule has 0 spiro atoms. The highest BCUT2D eigenvalue weighted by molar-refractivity contribution is 7.93. The molecule has 2 aromatic rings. The number of methoxy groups -OCH3 is 1. The van der Waals surface area contributed by atoms with Crippen LogP contribution in [0.15, 0.2) is 30.5 Å². The first-order valence-electron chi connectivity index (χ1n) is 21.4. The zero-order valence-electron chi connectivity index (χ0n) is 37.8. The molecule has 3 aliphatic heterocycles. The Bertz CT molecular complexity index is 1740.